The van der Waals surface area contributed by atoms with Crippen molar-refractivity contribution in [2.45, 2.75) is 45.4 Å². The molecule has 4 nitrogen and oxygen atoms in total. The van der Waals surface area contributed by atoms with Crippen molar-refractivity contribution < 1.29 is 9.47 Å². The van der Waals surface area contributed by atoms with Crippen molar-refractivity contribution in [3.63, 3.8) is 0 Å². The Labute approximate surface area is 128 Å². The van der Waals surface area contributed by atoms with Crippen LogP contribution in [0.5, 0.6) is 5.75 Å². The molecule has 1 fully saturated rings. The highest BCUT2D eigenvalue weighted by Gasteiger charge is 2.31. The van der Waals surface area contributed by atoms with Crippen LogP contribution in [-0.2, 0) is 4.74 Å². The fraction of sp³-hybridized carbons (Fsp3) is 0.647. The van der Waals surface area contributed by atoms with Gasteiger partial charge in [0.25, 0.3) is 0 Å². The van der Waals surface area contributed by atoms with Crippen LogP contribution >= 0.6 is 0 Å². The third-order valence-corrected chi connectivity index (χ3v) is 3.71. The minimum absolute atomic E-state index is 0.0155. The van der Waals surface area contributed by atoms with Crippen molar-refractivity contribution in [1.29, 1.82) is 0 Å². The van der Waals surface area contributed by atoms with Gasteiger partial charge >= 0.3 is 0 Å². The maximum atomic E-state index is 6.36. The Bertz CT molecular complexity index is 445. The zero-order chi connectivity index (χ0) is 15.5. The van der Waals surface area contributed by atoms with Crippen molar-refractivity contribution in [1.82, 2.24) is 4.90 Å². The van der Waals surface area contributed by atoms with Crippen LogP contribution in [0.1, 0.15) is 39.3 Å². The molecule has 2 rings (SSSR count). The Morgan fingerprint density at radius 3 is 2.62 bits per heavy atom. The molecule has 1 saturated heterocycles. The van der Waals surface area contributed by atoms with Gasteiger partial charge in [-0.15, -0.1) is 0 Å². The van der Waals surface area contributed by atoms with Gasteiger partial charge in [-0.2, -0.15) is 0 Å². The Balaban J connectivity index is 1.95. The first-order valence-corrected chi connectivity index (χ1v) is 7.78. The minimum atomic E-state index is -0.101. The molecular weight excluding hydrogens is 264 g/mol. The highest BCUT2D eigenvalue weighted by atomic mass is 16.5. The van der Waals surface area contributed by atoms with Gasteiger partial charge in [0.15, 0.2) is 0 Å². The fourth-order valence-corrected chi connectivity index (χ4v) is 3.09. The van der Waals surface area contributed by atoms with Gasteiger partial charge in [-0.3, -0.25) is 4.90 Å². The van der Waals surface area contributed by atoms with Crippen molar-refractivity contribution in [3.05, 3.63) is 29.8 Å². The summed E-state index contributed by atoms with van der Waals surface area (Å²) in [7, 11) is 0. The third kappa shape index (κ3) is 4.70. The van der Waals surface area contributed by atoms with E-state index in [1.54, 1.807) is 0 Å². The molecule has 1 aliphatic heterocycles. The van der Waals surface area contributed by atoms with E-state index in [1.807, 2.05) is 19.1 Å². The summed E-state index contributed by atoms with van der Waals surface area (Å²) < 4.78 is 11.4. The largest absolute Gasteiger partial charge is 0.494 e. The van der Waals surface area contributed by atoms with E-state index in [1.165, 1.54) is 0 Å². The number of ether oxygens (including phenoxy) is 2. The lowest BCUT2D eigenvalue weighted by atomic mass is 10.0. The standard InChI is InChI=1S/C17H28N2O2/c1-5-20-15-8-6-14(7-9-15)16(18)11-19-10-13(2)21-17(3,4)12-19/h6-9,13,16H,5,10-12,18H2,1-4H3. The Hall–Kier alpha value is -1.10. The van der Waals surface area contributed by atoms with E-state index in [0.717, 1.165) is 30.9 Å². The van der Waals surface area contributed by atoms with Crippen molar-refractivity contribution in [2.75, 3.05) is 26.2 Å². The average molecular weight is 292 g/mol. The second kappa shape index (κ2) is 6.77. The Morgan fingerprint density at radius 2 is 2.05 bits per heavy atom. The van der Waals surface area contributed by atoms with Gasteiger partial charge in [-0.25, -0.2) is 0 Å². The van der Waals surface area contributed by atoms with Crippen molar-refractivity contribution >= 4 is 0 Å². The average Bonchev–Trinajstić information content (AvgIpc) is 2.37. The number of hydrogen-bond donors (Lipinski definition) is 1. The molecule has 0 spiro atoms. The smallest absolute Gasteiger partial charge is 0.119 e. The van der Waals surface area contributed by atoms with Gasteiger partial charge in [0.05, 0.1) is 18.3 Å². The molecule has 2 atom stereocenters. The molecular formula is C17H28N2O2. The van der Waals surface area contributed by atoms with Gasteiger partial charge in [-0.05, 0) is 45.4 Å². The molecule has 118 valence electrons. The van der Waals surface area contributed by atoms with Crippen LogP contribution in [0, 0.1) is 0 Å². The van der Waals surface area contributed by atoms with Crippen LogP contribution in [0.2, 0.25) is 0 Å². The topological polar surface area (TPSA) is 47.7 Å². The summed E-state index contributed by atoms with van der Waals surface area (Å²) in [5.41, 5.74) is 7.41. The van der Waals surface area contributed by atoms with Crippen LogP contribution in [0.15, 0.2) is 24.3 Å². The number of rotatable bonds is 5. The number of morpholine rings is 1. The molecule has 2 N–H and O–H groups in total. The van der Waals surface area contributed by atoms with Gasteiger partial charge in [0, 0.05) is 25.7 Å². The van der Waals surface area contributed by atoms with E-state index in [-0.39, 0.29) is 17.7 Å². The van der Waals surface area contributed by atoms with Crippen LogP contribution < -0.4 is 10.5 Å². The molecule has 2 unspecified atom stereocenters. The van der Waals surface area contributed by atoms with Gasteiger partial charge in [0.1, 0.15) is 5.75 Å². The number of benzene rings is 1. The molecule has 4 heteroatoms. The van der Waals surface area contributed by atoms with Gasteiger partial charge in [-0.1, -0.05) is 12.1 Å². The molecule has 0 aliphatic carbocycles. The lowest BCUT2D eigenvalue weighted by Gasteiger charge is -2.42. The molecule has 0 radical (unpaired) electrons. The van der Waals surface area contributed by atoms with Crippen molar-refractivity contribution in [2.24, 2.45) is 5.73 Å². The zero-order valence-corrected chi connectivity index (χ0v) is 13.6. The molecule has 1 aromatic carbocycles. The van der Waals surface area contributed by atoms with E-state index in [4.69, 9.17) is 15.2 Å². The molecule has 0 aromatic heterocycles. The number of nitrogens with two attached hydrogens (primary N) is 1. The predicted molar refractivity (Wildman–Crippen MR) is 85.6 cm³/mol. The quantitative estimate of drug-likeness (QED) is 0.906. The summed E-state index contributed by atoms with van der Waals surface area (Å²) >= 11 is 0. The summed E-state index contributed by atoms with van der Waals surface area (Å²) in [5.74, 6) is 0.898. The van der Waals surface area contributed by atoms with E-state index in [0.29, 0.717) is 6.61 Å². The molecule has 0 amide bonds. The SMILES string of the molecule is CCOc1ccc(C(N)CN2CC(C)OC(C)(C)C2)cc1. The Kier molecular flexibility index (Phi) is 5.25. The number of hydrogen-bond acceptors (Lipinski definition) is 4. The first kappa shape index (κ1) is 16.3. The molecule has 0 saturated carbocycles. The second-order valence-corrected chi connectivity index (χ2v) is 6.49. The third-order valence-electron chi connectivity index (χ3n) is 3.71. The lowest BCUT2D eigenvalue weighted by molar-refractivity contribution is -0.129. The summed E-state index contributed by atoms with van der Waals surface area (Å²) in [6.45, 7) is 11.8. The van der Waals surface area contributed by atoms with Crippen LogP contribution in [0.25, 0.3) is 0 Å². The summed E-state index contributed by atoms with van der Waals surface area (Å²) in [5, 5.41) is 0. The highest BCUT2D eigenvalue weighted by Crippen LogP contribution is 2.23. The van der Waals surface area contributed by atoms with Gasteiger partial charge < -0.3 is 15.2 Å². The van der Waals surface area contributed by atoms with E-state index in [9.17, 15) is 0 Å². The number of nitrogens with zero attached hydrogens (tertiary/aromatic N) is 1. The zero-order valence-electron chi connectivity index (χ0n) is 13.6. The summed E-state index contributed by atoms with van der Waals surface area (Å²) in [4.78, 5) is 2.40. The molecule has 1 heterocycles. The molecule has 1 aliphatic rings. The molecule has 0 bridgehead atoms. The van der Waals surface area contributed by atoms with E-state index >= 15 is 0 Å². The van der Waals surface area contributed by atoms with Crippen LogP contribution in [0.3, 0.4) is 0 Å². The lowest BCUT2D eigenvalue weighted by Crippen LogP contribution is -2.53. The molecule has 1 aromatic rings. The van der Waals surface area contributed by atoms with E-state index in [2.05, 4.69) is 37.8 Å². The first-order valence-electron chi connectivity index (χ1n) is 7.78. The summed E-state index contributed by atoms with van der Waals surface area (Å²) in [6, 6.07) is 8.12. The van der Waals surface area contributed by atoms with E-state index < -0.39 is 0 Å². The fourth-order valence-electron chi connectivity index (χ4n) is 3.09. The second-order valence-electron chi connectivity index (χ2n) is 6.49. The predicted octanol–water partition coefficient (Wildman–Crippen LogP) is 2.58. The monoisotopic (exact) mass is 292 g/mol. The van der Waals surface area contributed by atoms with Crippen LogP contribution in [0.4, 0.5) is 0 Å². The minimum Gasteiger partial charge on any atom is -0.494 e. The summed E-state index contributed by atoms with van der Waals surface area (Å²) in [6.07, 6.45) is 0.251. The maximum Gasteiger partial charge on any atom is 0.119 e. The van der Waals surface area contributed by atoms with Crippen LogP contribution in [-0.4, -0.2) is 42.8 Å². The van der Waals surface area contributed by atoms with Crippen molar-refractivity contribution in [3.8, 4) is 5.75 Å². The molecule has 21 heavy (non-hydrogen) atoms. The Morgan fingerprint density at radius 1 is 1.38 bits per heavy atom. The first-order chi connectivity index (χ1) is 9.89. The van der Waals surface area contributed by atoms with Gasteiger partial charge in [0.2, 0.25) is 0 Å². The normalized spacial score (nSPS) is 23.8. The maximum absolute atomic E-state index is 6.36. The highest BCUT2D eigenvalue weighted by molar-refractivity contribution is 5.29.